The smallest absolute Gasteiger partial charge is 0.231 e. The predicted molar refractivity (Wildman–Crippen MR) is 87.9 cm³/mol. The number of carbonyl (C=O) groups is 1. The number of nitrogens with zero attached hydrogens (tertiary/aromatic N) is 2. The van der Waals surface area contributed by atoms with Crippen LogP contribution in [0.25, 0.3) is 11.0 Å². The topological polar surface area (TPSA) is 70.7 Å². The van der Waals surface area contributed by atoms with E-state index >= 15 is 0 Å². The van der Waals surface area contributed by atoms with E-state index in [1.54, 1.807) is 0 Å². The quantitative estimate of drug-likeness (QED) is 0.893. The second kappa shape index (κ2) is 4.56. The summed E-state index contributed by atoms with van der Waals surface area (Å²) in [6.45, 7) is 1.95. The van der Waals surface area contributed by atoms with Gasteiger partial charge in [0.1, 0.15) is 0 Å². The van der Waals surface area contributed by atoms with Crippen molar-refractivity contribution in [3.63, 3.8) is 0 Å². The van der Waals surface area contributed by atoms with Crippen LogP contribution < -0.4 is 5.32 Å². The number of H-pyrrole nitrogens is 1. The SMILES string of the molecule is Cc1ccc2c(NC(=O)C34CC5CC(CC(C5)C3)C4)n[nH]c2n1. The van der Waals surface area contributed by atoms with Crippen molar-refractivity contribution < 1.29 is 4.79 Å². The molecular formula is C18H22N4O. The van der Waals surface area contributed by atoms with Crippen molar-refractivity contribution in [2.24, 2.45) is 23.2 Å². The zero-order valence-electron chi connectivity index (χ0n) is 13.4. The Labute approximate surface area is 135 Å². The van der Waals surface area contributed by atoms with Crippen LogP contribution in [-0.2, 0) is 4.79 Å². The lowest BCUT2D eigenvalue weighted by atomic mass is 9.49. The molecule has 4 fully saturated rings. The van der Waals surface area contributed by atoms with E-state index in [1.165, 1.54) is 19.3 Å². The zero-order chi connectivity index (χ0) is 15.6. The van der Waals surface area contributed by atoms with Gasteiger partial charge in [0.15, 0.2) is 11.5 Å². The summed E-state index contributed by atoms with van der Waals surface area (Å²) >= 11 is 0. The number of aromatic nitrogens is 3. The molecule has 6 rings (SSSR count). The van der Waals surface area contributed by atoms with E-state index in [1.807, 2.05) is 19.1 Å². The van der Waals surface area contributed by atoms with Crippen LogP contribution in [-0.4, -0.2) is 21.1 Å². The lowest BCUT2D eigenvalue weighted by molar-refractivity contribution is -0.140. The minimum atomic E-state index is -0.141. The van der Waals surface area contributed by atoms with Crippen LogP contribution in [0.3, 0.4) is 0 Å². The Kier molecular flexibility index (Phi) is 2.68. The highest BCUT2D eigenvalue weighted by Gasteiger charge is 2.54. The largest absolute Gasteiger partial charge is 0.308 e. The molecule has 0 aromatic carbocycles. The van der Waals surface area contributed by atoms with Crippen LogP contribution in [0, 0.1) is 30.1 Å². The summed E-state index contributed by atoms with van der Waals surface area (Å²) in [6, 6.07) is 3.94. The molecule has 0 atom stereocenters. The van der Waals surface area contributed by atoms with Crippen molar-refractivity contribution in [3.8, 4) is 0 Å². The van der Waals surface area contributed by atoms with Gasteiger partial charge in [0.25, 0.3) is 0 Å². The molecule has 2 N–H and O–H groups in total. The number of hydrogen-bond acceptors (Lipinski definition) is 3. The van der Waals surface area contributed by atoms with Crippen molar-refractivity contribution in [1.82, 2.24) is 15.2 Å². The van der Waals surface area contributed by atoms with Gasteiger partial charge in [-0.3, -0.25) is 9.89 Å². The Morgan fingerprint density at radius 3 is 2.48 bits per heavy atom. The molecule has 4 bridgehead atoms. The fourth-order valence-electron chi connectivity index (χ4n) is 5.73. The Morgan fingerprint density at radius 2 is 1.83 bits per heavy atom. The van der Waals surface area contributed by atoms with Crippen molar-refractivity contribution >= 4 is 22.8 Å². The summed E-state index contributed by atoms with van der Waals surface area (Å²) in [5, 5.41) is 11.2. The maximum atomic E-state index is 13.1. The van der Waals surface area contributed by atoms with Gasteiger partial charge in [0.2, 0.25) is 5.91 Å². The molecule has 2 aromatic rings. The average molecular weight is 310 g/mol. The lowest BCUT2D eigenvalue weighted by Gasteiger charge is -2.55. The molecule has 2 aromatic heterocycles. The molecule has 23 heavy (non-hydrogen) atoms. The number of pyridine rings is 1. The van der Waals surface area contributed by atoms with Crippen molar-refractivity contribution in [3.05, 3.63) is 17.8 Å². The molecule has 4 aliphatic carbocycles. The van der Waals surface area contributed by atoms with E-state index in [9.17, 15) is 4.79 Å². The fourth-order valence-corrected chi connectivity index (χ4v) is 5.73. The van der Waals surface area contributed by atoms with Crippen molar-refractivity contribution in [1.29, 1.82) is 0 Å². The van der Waals surface area contributed by atoms with Crippen LogP contribution in [0.2, 0.25) is 0 Å². The summed E-state index contributed by atoms with van der Waals surface area (Å²) in [5.41, 5.74) is 1.55. The lowest BCUT2D eigenvalue weighted by Crippen LogP contribution is -2.51. The van der Waals surface area contributed by atoms with Gasteiger partial charge in [-0.05, 0) is 75.3 Å². The third-order valence-electron chi connectivity index (χ3n) is 6.32. The number of aromatic amines is 1. The maximum Gasteiger partial charge on any atom is 0.231 e. The number of hydrogen-bond donors (Lipinski definition) is 2. The summed E-state index contributed by atoms with van der Waals surface area (Å²) < 4.78 is 0. The maximum absolute atomic E-state index is 13.1. The van der Waals surface area contributed by atoms with Crippen molar-refractivity contribution in [2.75, 3.05) is 5.32 Å². The minimum absolute atomic E-state index is 0.141. The van der Waals surface area contributed by atoms with E-state index in [4.69, 9.17) is 0 Å². The number of amides is 1. The first kappa shape index (κ1) is 13.5. The molecule has 0 saturated heterocycles. The molecule has 0 unspecified atom stereocenters. The minimum Gasteiger partial charge on any atom is -0.308 e. The second-order valence-electron chi connectivity index (χ2n) is 8.07. The Morgan fingerprint density at radius 1 is 1.17 bits per heavy atom. The summed E-state index contributed by atoms with van der Waals surface area (Å²) in [7, 11) is 0. The molecular weight excluding hydrogens is 288 g/mol. The molecule has 1 amide bonds. The van der Waals surface area contributed by atoms with Gasteiger partial charge in [-0.2, -0.15) is 5.10 Å². The van der Waals surface area contributed by atoms with Crippen molar-refractivity contribution in [2.45, 2.75) is 45.4 Å². The molecule has 0 radical (unpaired) electrons. The van der Waals surface area contributed by atoms with Gasteiger partial charge >= 0.3 is 0 Å². The third-order valence-corrected chi connectivity index (χ3v) is 6.32. The molecule has 5 nitrogen and oxygen atoms in total. The first-order valence-corrected chi connectivity index (χ1v) is 8.74. The summed E-state index contributed by atoms with van der Waals surface area (Å²) in [6.07, 6.45) is 7.27. The number of rotatable bonds is 2. The van der Waals surface area contributed by atoms with E-state index < -0.39 is 0 Å². The van der Waals surface area contributed by atoms with Crippen LogP contribution in [0.15, 0.2) is 12.1 Å². The van der Waals surface area contributed by atoms with Gasteiger partial charge in [-0.25, -0.2) is 4.98 Å². The number of fused-ring (bicyclic) bond motifs is 1. The zero-order valence-corrected chi connectivity index (χ0v) is 13.4. The number of nitrogens with one attached hydrogen (secondary N) is 2. The number of carbonyl (C=O) groups excluding carboxylic acids is 1. The molecule has 4 saturated carbocycles. The normalized spacial score (nSPS) is 34.9. The van der Waals surface area contributed by atoms with Gasteiger partial charge in [0, 0.05) is 5.69 Å². The standard InChI is InChI=1S/C18H22N4O/c1-10-2-3-14-15(19-10)21-22-16(14)20-17(23)18-7-11-4-12(8-18)6-13(5-11)9-18/h2-3,11-13H,4-9H2,1H3,(H2,19,20,21,22,23). The Hall–Kier alpha value is -1.91. The first-order chi connectivity index (χ1) is 11.1. The predicted octanol–water partition coefficient (Wildman–Crippen LogP) is 3.42. The average Bonchev–Trinajstić information content (AvgIpc) is 2.88. The van der Waals surface area contributed by atoms with Crippen LogP contribution >= 0.6 is 0 Å². The van der Waals surface area contributed by atoms with Gasteiger partial charge in [-0.15, -0.1) is 0 Å². The van der Waals surface area contributed by atoms with Crippen LogP contribution in [0.1, 0.15) is 44.2 Å². The molecule has 4 aliphatic rings. The highest BCUT2D eigenvalue weighted by Crippen LogP contribution is 2.60. The highest BCUT2D eigenvalue weighted by molar-refractivity contribution is 6.01. The second-order valence-corrected chi connectivity index (χ2v) is 8.07. The van der Waals surface area contributed by atoms with E-state index in [-0.39, 0.29) is 11.3 Å². The van der Waals surface area contributed by atoms with E-state index in [0.717, 1.165) is 53.7 Å². The van der Waals surface area contributed by atoms with Crippen LogP contribution in [0.5, 0.6) is 0 Å². The first-order valence-electron chi connectivity index (χ1n) is 8.74. The summed E-state index contributed by atoms with van der Waals surface area (Å²) in [4.78, 5) is 17.5. The Balaban J connectivity index is 1.44. The third kappa shape index (κ3) is 2.02. The molecule has 120 valence electrons. The molecule has 2 heterocycles. The fraction of sp³-hybridized carbons (Fsp3) is 0.611. The molecule has 0 aliphatic heterocycles. The summed E-state index contributed by atoms with van der Waals surface area (Å²) in [5.74, 6) is 3.13. The van der Waals surface area contributed by atoms with Crippen LogP contribution in [0.4, 0.5) is 5.82 Å². The molecule has 5 heteroatoms. The number of aryl methyl sites for hydroxylation is 1. The van der Waals surface area contributed by atoms with E-state index in [0.29, 0.717) is 5.82 Å². The Bertz CT molecular complexity index is 758. The molecule has 0 spiro atoms. The monoisotopic (exact) mass is 310 g/mol. The highest BCUT2D eigenvalue weighted by atomic mass is 16.2. The van der Waals surface area contributed by atoms with Gasteiger partial charge < -0.3 is 5.32 Å². The van der Waals surface area contributed by atoms with Gasteiger partial charge in [0.05, 0.1) is 10.8 Å². The van der Waals surface area contributed by atoms with Gasteiger partial charge in [-0.1, -0.05) is 0 Å². The number of anilines is 1. The van der Waals surface area contributed by atoms with E-state index in [2.05, 4.69) is 20.5 Å².